The zero-order chi connectivity index (χ0) is 20.1. The lowest BCUT2D eigenvalue weighted by Gasteiger charge is -2.26. The average Bonchev–Trinajstić information content (AvgIpc) is 2.67. The molecule has 0 saturated carbocycles. The minimum Gasteiger partial charge on any atom is -0.483 e. The van der Waals surface area contributed by atoms with E-state index in [4.69, 9.17) is 4.74 Å². The Kier molecular flexibility index (Phi) is 6.74. The molecule has 0 radical (unpaired) electrons. The molecule has 1 aliphatic heterocycles. The van der Waals surface area contributed by atoms with Crippen LogP contribution in [0.25, 0.3) is 0 Å². The number of amides is 1. The van der Waals surface area contributed by atoms with Crippen molar-refractivity contribution in [1.82, 2.24) is 4.31 Å². The number of hydrogen-bond acceptors (Lipinski definition) is 4. The maximum Gasteiger partial charge on any atom is 0.262 e. The van der Waals surface area contributed by atoms with Crippen molar-refractivity contribution in [3.8, 4) is 5.75 Å². The van der Waals surface area contributed by atoms with Gasteiger partial charge in [-0.2, -0.15) is 4.31 Å². The van der Waals surface area contributed by atoms with Crippen molar-refractivity contribution in [1.29, 1.82) is 0 Å². The van der Waals surface area contributed by atoms with Crippen molar-refractivity contribution in [3.05, 3.63) is 52.5 Å². The van der Waals surface area contributed by atoms with Gasteiger partial charge in [-0.05, 0) is 61.7 Å². The van der Waals surface area contributed by atoms with Gasteiger partial charge in [0.1, 0.15) is 5.75 Å². The van der Waals surface area contributed by atoms with Gasteiger partial charge in [-0.3, -0.25) is 4.79 Å². The smallest absolute Gasteiger partial charge is 0.262 e. The van der Waals surface area contributed by atoms with E-state index in [0.29, 0.717) is 30.1 Å². The molecule has 0 bridgehead atoms. The molecular formula is C20H23BrN2O4S. The summed E-state index contributed by atoms with van der Waals surface area (Å²) in [5.74, 6) is 0.199. The Morgan fingerprint density at radius 1 is 1.14 bits per heavy atom. The van der Waals surface area contributed by atoms with Gasteiger partial charge in [-0.15, -0.1) is 0 Å². The van der Waals surface area contributed by atoms with Crippen LogP contribution in [0.2, 0.25) is 0 Å². The largest absolute Gasteiger partial charge is 0.483 e. The fourth-order valence-electron chi connectivity index (χ4n) is 3.11. The van der Waals surface area contributed by atoms with E-state index in [2.05, 4.69) is 21.2 Å². The molecule has 3 rings (SSSR count). The number of hydrogen-bond donors (Lipinski definition) is 1. The Labute approximate surface area is 174 Å². The van der Waals surface area contributed by atoms with Crippen LogP contribution in [0.15, 0.2) is 51.8 Å². The first kappa shape index (κ1) is 20.8. The molecule has 1 heterocycles. The molecule has 0 aliphatic carbocycles. The Morgan fingerprint density at radius 3 is 2.57 bits per heavy atom. The highest BCUT2D eigenvalue weighted by Gasteiger charge is 2.26. The van der Waals surface area contributed by atoms with E-state index < -0.39 is 10.0 Å². The summed E-state index contributed by atoms with van der Waals surface area (Å²) in [6.45, 7) is 2.74. The first-order valence-corrected chi connectivity index (χ1v) is 11.4. The summed E-state index contributed by atoms with van der Waals surface area (Å²) in [6.07, 6.45) is 2.86. The monoisotopic (exact) mass is 466 g/mol. The molecule has 1 aliphatic rings. The Bertz CT molecular complexity index is 956. The summed E-state index contributed by atoms with van der Waals surface area (Å²) in [5, 5.41) is 2.75. The molecule has 1 N–H and O–H groups in total. The minimum absolute atomic E-state index is 0.161. The highest BCUT2D eigenvalue weighted by molar-refractivity contribution is 9.10. The SMILES string of the molecule is Cc1cc(S(=O)(=O)N2CCCCC2)ccc1OCC(=O)Nc1cccc(Br)c1. The van der Waals surface area contributed by atoms with Gasteiger partial charge >= 0.3 is 0 Å². The number of piperidine rings is 1. The molecule has 0 aromatic heterocycles. The molecule has 1 saturated heterocycles. The predicted molar refractivity (Wildman–Crippen MR) is 112 cm³/mol. The van der Waals surface area contributed by atoms with Gasteiger partial charge in [0.15, 0.2) is 6.61 Å². The van der Waals surface area contributed by atoms with Gasteiger partial charge in [0.05, 0.1) is 4.90 Å². The molecule has 1 amide bonds. The topological polar surface area (TPSA) is 75.7 Å². The zero-order valence-electron chi connectivity index (χ0n) is 15.7. The van der Waals surface area contributed by atoms with E-state index in [1.54, 1.807) is 37.3 Å². The lowest BCUT2D eigenvalue weighted by molar-refractivity contribution is -0.118. The number of nitrogens with zero attached hydrogens (tertiary/aromatic N) is 1. The van der Waals surface area contributed by atoms with Crippen LogP contribution in [0.4, 0.5) is 5.69 Å². The predicted octanol–water partition coefficient (Wildman–Crippen LogP) is 3.95. The van der Waals surface area contributed by atoms with Crippen molar-refractivity contribution in [2.24, 2.45) is 0 Å². The first-order chi connectivity index (χ1) is 13.4. The van der Waals surface area contributed by atoms with Gasteiger partial charge < -0.3 is 10.1 Å². The molecule has 6 nitrogen and oxygen atoms in total. The second kappa shape index (κ2) is 9.07. The number of carbonyl (C=O) groups is 1. The average molecular weight is 467 g/mol. The minimum atomic E-state index is -3.48. The quantitative estimate of drug-likeness (QED) is 0.698. The lowest BCUT2D eigenvalue weighted by Crippen LogP contribution is -2.35. The normalized spacial score (nSPS) is 15.2. The fraction of sp³-hybridized carbons (Fsp3) is 0.350. The number of benzene rings is 2. The van der Waals surface area contributed by atoms with E-state index in [0.717, 1.165) is 23.7 Å². The van der Waals surface area contributed by atoms with E-state index >= 15 is 0 Å². The number of anilines is 1. The molecule has 2 aromatic rings. The van der Waals surface area contributed by atoms with Crippen molar-refractivity contribution in [2.75, 3.05) is 25.0 Å². The summed E-state index contributed by atoms with van der Waals surface area (Å²) in [5.41, 5.74) is 1.34. The van der Waals surface area contributed by atoms with Gasteiger partial charge in [0.2, 0.25) is 10.0 Å². The molecule has 8 heteroatoms. The number of sulfonamides is 1. The summed E-state index contributed by atoms with van der Waals surface area (Å²) >= 11 is 3.35. The maximum absolute atomic E-state index is 12.8. The molecule has 28 heavy (non-hydrogen) atoms. The number of carbonyl (C=O) groups excluding carboxylic acids is 1. The standard InChI is InChI=1S/C20H23BrN2O4S/c1-15-12-18(28(25,26)23-10-3-2-4-11-23)8-9-19(15)27-14-20(24)22-17-7-5-6-16(21)13-17/h5-9,12-13H,2-4,10-11,14H2,1H3,(H,22,24). The van der Waals surface area contributed by atoms with Crippen LogP contribution in [-0.2, 0) is 14.8 Å². The molecule has 0 unspecified atom stereocenters. The summed E-state index contributed by atoms with van der Waals surface area (Å²) in [4.78, 5) is 12.3. The van der Waals surface area contributed by atoms with Crippen molar-refractivity contribution < 1.29 is 17.9 Å². The van der Waals surface area contributed by atoms with E-state index in [9.17, 15) is 13.2 Å². The van der Waals surface area contributed by atoms with Crippen LogP contribution >= 0.6 is 15.9 Å². The molecular weight excluding hydrogens is 444 g/mol. The van der Waals surface area contributed by atoms with Crippen LogP contribution in [0.1, 0.15) is 24.8 Å². The number of nitrogens with one attached hydrogen (secondary N) is 1. The lowest BCUT2D eigenvalue weighted by atomic mass is 10.2. The van der Waals surface area contributed by atoms with Crippen LogP contribution in [0.3, 0.4) is 0 Å². The van der Waals surface area contributed by atoms with E-state index in [-0.39, 0.29) is 17.4 Å². The molecule has 1 fully saturated rings. The number of rotatable bonds is 6. The Hall–Kier alpha value is -1.90. The van der Waals surface area contributed by atoms with Gasteiger partial charge in [0, 0.05) is 23.2 Å². The fourth-order valence-corrected chi connectivity index (χ4v) is 5.11. The van der Waals surface area contributed by atoms with Gasteiger partial charge in [-0.25, -0.2) is 8.42 Å². The van der Waals surface area contributed by atoms with Gasteiger partial charge in [0.25, 0.3) is 5.91 Å². The van der Waals surface area contributed by atoms with Crippen molar-refractivity contribution >= 4 is 37.5 Å². The molecule has 0 atom stereocenters. The highest BCUT2D eigenvalue weighted by atomic mass is 79.9. The van der Waals surface area contributed by atoms with Gasteiger partial charge in [-0.1, -0.05) is 28.4 Å². The number of ether oxygens (including phenoxy) is 1. The summed E-state index contributed by atoms with van der Waals surface area (Å²) < 4.78 is 33.5. The second-order valence-corrected chi connectivity index (χ2v) is 9.59. The number of halogens is 1. The van der Waals surface area contributed by atoms with E-state index in [1.807, 2.05) is 12.1 Å². The molecule has 150 valence electrons. The third-order valence-electron chi connectivity index (χ3n) is 4.57. The highest BCUT2D eigenvalue weighted by Crippen LogP contribution is 2.26. The third-order valence-corrected chi connectivity index (χ3v) is 6.95. The van der Waals surface area contributed by atoms with Crippen LogP contribution in [0.5, 0.6) is 5.75 Å². The maximum atomic E-state index is 12.8. The van der Waals surface area contributed by atoms with Crippen LogP contribution in [-0.4, -0.2) is 38.3 Å². The third kappa shape index (κ3) is 5.12. The van der Waals surface area contributed by atoms with Crippen molar-refractivity contribution in [3.63, 3.8) is 0 Å². The summed E-state index contributed by atoms with van der Waals surface area (Å²) in [7, 11) is -3.48. The first-order valence-electron chi connectivity index (χ1n) is 9.15. The molecule has 0 spiro atoms. The van der Waals surface area contributed by atoms with Crippen LogP contribution in [0, 0.1) is 6.92 Å². The second-order valence-electron chi connectivity index (χ2n) is 6.74. The Balaban J connectivity index is 1.63. The molecule has 2 aromatic carbocycles. The summed E-state index contributed by atoms with van der Waals surface area (Å²) in [6, 6.07) is 12.0. The number of aryl methyl sites for hydroxylation is 1. The van der Waals surface area contributed by atoms with E-state index in [1.165, 1.54) is 4.31 Å². The van der Waals surface area contributed by atoms with Crippen LogP contribution < -0.4 is 10.1 Å². The Morgan fingerprint density at radius 2 is 1.89 bits per heavy atom. The van der Waals surface area contributed by atoms with Crippen molar-refractivity contribution in [2.45, 2.75) is 31.1 Å². The zero-order valence-corrected chi connectivity index (χ0v) is 18.1.